The minimum Gasteiger partial charge on any atom is -0.377 e. The third kappa shape index (κ3) is 7.29. The van der Waals surface area contributed by atoms with Gasteiger partial charge in [-0.2, -0.15) is 0 Å². The Morgan fingerprint density at radius 2 is 1.32 bits per heavy atom. The zero-order valence-corrected chi connectivity index (χ0v) is 23.0. The molecule has 0 amide bonds. The number of aliphatic hydroxyl groups excluding tert-OH is 1. The Labute approximate surface area is 208 Å². The minimum absolute atomic E-state index is 0.159. The van der Waals surface area contributed by atoms with E-state index in [1.54, 1.807) is 6.08 Å². The van der Waals surface area contributed by atoms with Crippen LogP contribution >= 0.6 is 7.60 Å². The van der Waals surface area contributed by atoms with Gasteiger partial charge < -0.3 is 14.2 Å². The number of aliphatic hydroxyl groups is 1. The van der Waals surface area contributed by atoms with Crippen molar-refractivity contribution in [2.75, 3.05) is 0 Å². The smallest absolute Gasteiger partial charge is 0.363 e. The van der Waals surface area contributed by atoms with E-state index in [0.717, 1.165) is 31.2 Å². The van der Waals surface area contributed by atoms with E-state index < -0.39 is 13.4 Å². The predicted octanol–water partition coefficient (Wildman–Crippen LogP) is 8.17. The van der Waals surface area contributed by atoms with Gasteiger partial charge in [0.25, 0.3) is 0 Å². The molecule has 0 saturated heterocycles. The van der Waals surface area contributed by atoms with Gasteiger partial charge in [-0.15, -0.1) is 0 Å². The second-order valence-electron chi connectivity index (χ2n) is 11.7. The average Bonchev–Trinajstić information content (AvgIpc) is 2.77. The van der Waals surface area contributed by atoms with Gasteiger partial charge in [0, 0.05) is 0 Å². The molecule has 0 aliphatic heterocycles. The molecule has 0 radical (unpaired) electrons. The summed E-state index contributed by atoms with van der Waals surface area (Å²) in [5.41, 5.74) is 0.950. The van der Waals surface area contributed by atoms with Crippen LogP contribution in [0.2, 0.25) is 0 Å². The van der Waals surface area contributed by atoms with Crippen LogP contribution in [-0.2, 0) is 13.6 Å². The molecule has 1 aromatic carbocycles. The van der Waals surface area contributed by atoms with Crippen LogP contribution in [0.25, 0.3) is 6.08 Å². The van der Waals surface area contributed by atoms with E-state index in [4.69, 9.17) is 9.05 Å². The molecule has 34 heavy (non-hydrogen) atoms. The number of hydrogen-bond acceptors (Lipinski definition) is 4. The second kappa shape index (κ2) is 12.3. The van der Waals surface area contributed by atoms with Gasteiger partial charge in [0.1, 0.15) is 0 Å². The van der Waals surface area contributed by atoms with Crippen molar-refractivity contribution in [3.8, 4) is 0 Å². The van der Waals surface area contributed by atoms with Gasteiger partial charge in [-0.25, -0.2) is 0 Å². The summed E-state index contributed by atoms with van der Waals surface area (Å²) in [5.74, 6) is 1.26. The lowest BCUT2D eigenvalue weighted by Crippen LogP contribution is -2.37. The van der Waals surface area contributed by atoms with Crippen molar-refractivity contribution in [2.45, 2.75) is 98.1 Å². The van der Waals surface area contributed by atoms with Gasteiger partial charge in [0.2, 0.25) is 0 Å². The monoisotopic (exact) mass is 490 g/mol. The van der Waals surface area contributed by atoms with Crippen LogP contribution in [0.3, 0.4) is 0 Å². The van der Waals surface area contributed by atoms with Gasteiger partial charge in [0.05, 0.1) is 12.2 Å². The molecule has 2 fully saturated rings. The van der Waals surface area contributed by atoms with Crippen molar-refractivity contribution in [2.24, 2.45) is 35.5 Å². The van der Waals surface area contributed by atoms with Crippen LogP contribution in [0, 0.1) is 35.5 Å². The summed E-state index contributed by atoms with van der Waals surface area (Å²) in [6.07, 6.45) is 9.28. The van der Waals surface area contributed by atoms with E-state index in [9.17, 15) is 9.67 Å². The zero-order valence-electron chi connectivity index (χ0n) is 22.1. The first-order valence-corrected chi connectivity index (χ1v) is 15.1. The molecule has 1 aromatic rings. The predicted molar refractivity (Wildman–Crippen MR) is 142 cm³/mol. The molecule has 0 bridgehead atoms. The second-order valence-corrected chi connectivity index (χ2v) is 13.7. The van der Waals surface area contributed by atoms with Gasteiger partial charge in [-0.05, 0) is 72.8 Å². The Kier molecular flexibility index (Phi) is 10.0. The number of benzene rings is 1. The first-order chi connectivity index (χ1) is 16.1. The van der Waals surface area contributed by atoms with Gasteiger partial charge in [-0.1, -0.05) is 90.8 Å². The molecule has 1 unspecified atom stereocenters. The first kappa shape index (κ1) is 27.7. The van der Waals surface area contributed by atoms with Crippen molar-refractivity contribution in [1.29, 1.82) is 0 Å². The van der Waals surface area contributed by atoms with E-state index in [2.05, 4.69) is 41.5 Å². The number of rotatable bonds is 9. The molecule has 1 N–H and O–H groups in total. The van der Waals surface area contributed by atoms with Crippen LogP contribution in [0.15, 0.2) is 36.4 Å². The summed E-state index contributed by atoms with van der Waals surface area (Å²) < 4.78 is 27.4. The minimum atomic E-state index is -3.82. The fourth-order valence-corrected chi connectivity index (χ4v) is 7.70. The van der Waals surface area contributed by atoms with Crippen LogP contribution < -0.4 is 0 Å². The molecule has 4 nitrogen and oxygen atoms in total. The summed E-state index contributed by atoms with van der Waals surface area (Å²) in [6, 6.07) is 9.78. The van der Waals surface area contributed by atoms with E-state index >= 15 is 0 Å². The highest BCUT2D eigenvalue weighted by atomic mass is 31.2. The highest BCUT2D eigenvalue weighted by Gasteiger charge is 2.45. The summed E-state index contributed by atoms with van der Waals surface area (Å²) in [6.45, 7) is 13.3. The molecule has 3 rings (SSSR count). The largest absolute Gasteiger partial charge is 0.377 e. The molecule has 2 aliphatic rings. The van der Waals surface area contributed by atoms with Crippen LogP contribution in [-0.4, -0.2) is 23.2 Å². The first-order valence-electron chi connectivity index (χ1n) is 13.5. The maximum atomic E-state index is 14.5. The van der Waals surface area contributed by atoms with E-state index in [-0.39, 0.29) is 12.2 Å². The summed E-state index contributed by atoms with van der Waals surface area (Å²) in [7, 11) is -3.82. The Bertz CT molecular complexity index is 783. The SMILES string of the molecule is CC(C)[C@H]1CC[C@H](C)C[C@H]1OP(=O)(O[C@@H]1C[C@@H](C)CC[C@H]1C(C)C)[C@H](O)/C=C/c1ccccc1. The molecule has 0 spiro atoms. The molecule has 0 aromatic heterocycles. The summed E-state index contributed by atoms with van der Waals surface area (Å²) in [4.78, 5) is 0. The maximum absolute atomic E-state index is 14.5. The van der Waals surface area contributed by atoms with Crippen molar-refractivity contribution >= 4 is 13.7 Å². The maximum Gasteiger partial charge on any atom is 0.363 e. The summed E-state index contributed by atoms with van der Waals surface area (Å²) in [5, 5.41) is 11.3. The average molecular weight is 491 g/mol. The lowest BCUT2D eigenvalue weighted by atomic mass is 9.75. The topological polar surface area (TPSA) is 55.8 Å². The molecule has 192 valence electrons. The van der Waals surface area contributed by atoms with Crippen molar-refractivity contribution in [1.82, 2.24) is 0 Å². The number of hydrogen-bond donors (Lipinski definition) is 1. The highest BCUT2D eigenvalue weighted by molar-refractivity contribution is 7.54. The fraction of sp³-hybridized carbons (Fsp3) is 0.724. The van der Waals surface area contributed by atoms with Crippen molar-refractivity contribution < 1.29 is 18.7 Å². The lowest BCUT2D eigenvalue weighted by Gasteiger charge is -2.42. The summed E-state index contributed by atoms with van der Waals surface area (Å²) >= 11 is 0. The molecular formula is C29H47O4P. The quantitative estimate of drug-likeness (QED) is 0.355. The molecular weight excluding hydrogens is 443 g/mol. The normalized spacial score (nSPS) is 33.3. The fourth-order valence-electron chi connectivity index (χ4n) is 5.87. The van der Waals surface area contributed by atoms with Crippen LogP contribution in [0.4, 0.5) is 0 Å². The van der Waals surface area contributed by atoms with Gasteiger partial charge in [-0.3, -0.25) is 4.57 Å². The molecule has 0 heterocycles. The third-order valence-electron chi connectivity index (χ3n) is 8.07. The third-order valence-corrected chi connectivity index (χ3v) is 10.0. The standard InChI is InChI=1S/C29H47O4P/c1-20(2)25-15-12-22(5)18-27(25)32-34(31,29(30)17-14-24-10-8-7-9-11-24)33-28-19-23(6)13-16-26(28)21(3)4/h7-11,14,17,20-23,25-30H,12-13,15-16,18-19H2,1-6H3/b17-14+/t22-,23-,25-,26+,27+,28+,29-,34?/m0/s1. The van der Waals surface area contributed by atoms with Gasteiger partial charge in [0.15, 0.2) is 5.85 Å². The Hall–Kier alpha value is -0.930. The van der Waals surface area contributed by atoms with Crippen molar-refractivity contribution in [3.63, 3.8) is 0 Å². The Morgan fingerprint density at radius 1 is 0.853 bits per heavy atom. The van der Waals surface area contributed by atoms with Crippen molar-refractivity contribution in [3.05, 3.63) is 42.0 Å². The Balaban J connectivity index is 1.89. The van der Waals surface area contributed by atoms with Gasteiger partial charge >= 0.3 is 7.60 Å². The Morgan fingerprint density at radius 3 is 1.76 bits per heavy atom. The lowest BCUT2D eigenvalue weighted by molar-refractivity contribution is -0.0121. The van der Waals surface area contributed by atoms with Crippen LogP contribution in [0.1, 0.15) is 85.6 Å². The van der Waals surface area contributed by atoms with E-state index in [0.29, 0.717) is 35.5 Å². The molecule has 2 aliphatic carbocycles. The molecule has 5 heteroatoms. The van der Waals surface area contributed by atoms with E-state index in [1.165, 1.54) is 12.8 Å². The van der Waals surface area contributed by atoms with E-state index in [1.807, 2.05) is 36.4 Å². The molecule has 2 saturated carbocycles. The van der Waals surface area contributed by atoms with Crippen LogP contribution in [0.5, 0.6) is 0 Å². The zero-order chi connectivity index (χ0) is 24.9. The molecule has 8 atom stereocenters. The highest BCUT2D eigenvalue weighted by Crippen LogP contribution is 2.59.